The largest absolute Gasteiger partial charge is 0.519 e. The fourth-order valence-corrected chi connectivity index (χ4v) is 26.7. The Hall–Kier alpha value is -4.61. The van der Waals surface area contributed by atoms with E-state index in [0.29, 0.717) is 23.7 Å². The van der Waals surface area contributed by atoms with Gasteiger partial charge in [0.05, 0.1) is 12.5 Å². The Morgan fingerprint density at radius 3 is 1.54 bits per heavy atom. The highest BCUT2D eigenvalue weighted by Crippen LogP contribution is 2.57. The molecule has 0 aromatic heterocycles. The lowest BCUT2D eigenvalue weighted by Crippen LogP contribution is -2.56. The van der Waals surface area contributed by atoms with Gasteiger partial charge in [-0.2, -0.15) is 0 Å². The third kappa shape index (κ3) is 10.7. The van der Waals surface area contributed by atoms with E-state index in [2.05, 4.69) is 95.3 Å². The minimum absolute atomic E-state index is 0.370. The number of fused-ring (bicyclic) bond motifs is 3. The minimum Gasteiger partial charge on any atom is -0.437 e. The predicted molar refractivity (Wildman–Crippen MR) is 252 cm³/mol. The molecule has 61 heavy (non-hydrogen) atoms. The van der Waals surface area contributed by atoms with E-state index in [4.69, 9.17) is 31.3 Å². The van der Waals surface area contributed by atoms with Crippen molar-refractivity contribution in [3.63, 3.8) is 0 Å². The molecule has 1 atom stereocenters. The van der Waals surface area contributed by atoms with Gasteiger partial charge in [0.25, 0.3) is 0 Å². The van der Waals surface area contributed by atoms with E-state index in [1.165, 1.54) is 7.11 Å². The number of methoxy groups -OCH3 is 1. The van der Waals surface area contributed by atoms with Gasteiger partial charge in [0.15, 0.2) is 16.6 Å². The third-order valence-electron chi connectivity index (χ3n) is 10.5. The van der Waals surface area contributed by atoms with Gasteiger partial charge in [0.2, 0.25) is 0 Å². The van der Waals surface area contributed by atoms with Crippen LogP contribution in [0.15, 0.2) is 109 Å². The van der Waals surface area contributed by atoms with E-state index in [-0.39, 0.29) is 0 Å². The van der Waals surface area contributed by atoms with Crippen LogP contribution in [0.1, 0.15) is 45.4 Å². The summed E-state index contributed by atoms with van der Waals surface area (Å²) in [6, 6.07) is 36.8. The number of hydrogen-bond donors (Lipinski definition) is 0. The van der Waals surface area contributed by atoms with Gasteiger partial charge in [-0.25, -0.2) is 9.59 Å². The van der Waals surface area contributed by atoms with E-state index >= 15 is 0 Å². The second kappa shape index (κ2) is 18.0. The molecule has 0 aliphatic heterocycles. The van der Waals surface area contributed by atoms with Crippen molar-refractivity contribution < 1.29 is 40.9 Å². The highest BCUT2D eigenvalue weighted by Gasteiger charge is 2.47. The molecular formula is C48H60O9Si4. The molecule has 0 bridgehead atoms. The van der Waals surface area contributed by atoms with Crippen LogP contribution in [0.25, 0.3) is 11.1 Å². The first-order valence-corrected chi connectivity index (χ1v) is 33.0. The highest BCUT2D eigenvalue weighted by molar-refractivity contribution is 6.89. The molecule has 0 fully saturated rings. The van der Waals surface area contributed by atoms with E-state index in [1.807, 2.05) is 80.6 Å². The van der Waals surface area contributed by atoms with Crippen LogP contribution in [-0.2, 0) is 28.9 Å². The van der Waals surface area contributed by atoms with Crippen LogP contribution in [-0.4, -0.2) is 53.2 Å². The van der Waals surface area contributed by atoms with Crippen LogP contribution >= 0.6 is 0 Å². The molecule has 9 nitrogen and oxygen atoms in total. The summed E-state index contributed by atoms with van der Waals surface area (Å²) in [5.41, 5.74) is 7.57. The quantitative estimate of drug-likeness (QED) is 0.0567. The van der Waals surface area contributed by atoms with Crippen molar-refractivity contribution in [1.82, 2.24) is 0 Å². The first kappa shape index (κ1) is 45.9. The zero-order chi connectivity index (χ0) is 44.4. The number of rotatable bonds is 15. The molecule has 0 radical (unpaired) electrons. The molecule has 0 saturated heterocycles. The number of aryl methyl sites for hydroxylation is 3. The molecule has 5 aromatic carbocycles. The van der Waals surface area contributed by atoms with Gasteiger partial charge >= 0.3 is 29.4 Å². The number of carbonyl (C=O) groups excluding carboxylic acids is 2. The van der Waals surface area contributed by atoms with Crippen LogP contribution in [0.3, 0.4) is 0 Å². The molecule has 322 valence electrons. The Labute approximate surface area is 366 Å². The van der Waals surface area contributed by atoms with Gasteiger partial charge in [-0.05, 0) is 160 Å². The van der Waals surface area contributed by atoms with E-state index in [9.17, 15) is 9.59 Å². The Balaban J connectivity index is 1.29. The number of ether oxygens (including phenoxy) is 4. The summed E-state index contributed by atoms with van der Waals surface area (Å²) >= 11 is 0. The van der Waals surface area contributed by atoms with Crippen molar-refractivity contribution in [2.45, 2.75) is 97.1 Å². The number of benzene rings is 5. The summed E-state index contributed by atoms with van der Waals surface area (Å²) in [5, 5.41) is 0. The topological polar surface area (TPSA) is 98.8 Å². The fraction of sp³-hybridized carbons (Fsp3) is 0.333. The average molecular weight is 893 g/mol. The maximum atomic E-state index is 13.8. The van der Waals surface area contributed by atoms with Crippen LogP contribution < -0.4 is 14.2 Å². The lowest BCUT2D eigenvalue weighted by molar-refractivity contribution is 0.121. The van der Waals surface area contributed by atoms with Gasteiger partial charge in [-0.1, -0.05) is 91.0 Å². The molecule has 1 unspecified atom stereocenters. The van der Waals surface area contributed by atoms with Crippen LogP contribution in [0.5, 0.6) is 17.2 Å². The van der Waals surface area contributed by atoms with Crippen molar-refractivity contribution in [1.29, 1.82) is 0 Å². The molecule has 0 N–H and O–H groups in total. The Morgan fingerprint density at radius 2 is 1.02 bits per heavy atom. The summed E-state index contributed by atoms with van der Waals surface area (Å²) in [6.07, 6.45) is -0.182. The zero-order valence-corrected chi connectivity index (χ0v) is 41.7. The third-order valence-corrected chi connectivity index (χ3v) is 24.1. The average Bonchev–Trinajstić information content (AvgIpc) is 3.46. The van der Waals surface area contributed by atoms with Crippen LogP contribution in [0.4, 0.5) is 9.59 Å². The van der Waals surface area contributed by atoms with Crippen molar-refractivity contribution in [2.24, 2.45) is 0 Å². The molecule has 6 rings (SSSR count). The van der Waals surface area contributed by atoms with Crippen LogP contribution in [0, 0.1) is 13.8 Å². The molecule has 1 aliphatic rings. The molecule has 5 aromatic rings. The SMILES string of the molecule is COC(=O)Oc1cc(C2(c3ccc(C)c(OC(=O)Oc4ccccc4CCC[Si](C)(O[Si](C)(C)C)O[Si](C)(C)O[Si](C)(C)C)c3)c3ccccc3-c3ccccc32)ccc1C. The minimum atomic E-state index is -2.63. The zero-order valence-electron chi connectivity index (χ0n) is 37.7. The summed E-state index contributed by atoms with van der Waals surface area (Å²) in [5.74, 6) is 1.21. The van der Waals surface area contributed by atoms with Gasteiger partial charge in [0.1, 0.15) is 17.2 Å². The standard InChI is InChI=1S/C48H60O9Si4/c1-34-27-29-37(32-44(34)53-46(49)51-3)48(41-24-16-14-22-39(41)40-23-15-17-25-42(40)48)38-30-28-35(2)45(33-38)54-47(50)52-43-26-18-13-20-36(43)21-19-31-61(12,56-59(7,8)9)57-60(10,11)55-58(4,5)6/h13-18,20,22-30,32-33H,19,21,31H2,1-12H3. The molecule has 0 heterocycles. The predicted octanol–water partition coefficient (Wildman–Crippen LogP) is 12.8. The Morgan fingerprint density at radius 1 is 0.541 bits per heavy atom. The monoisotopic (exact) mass is 892 g/mol. The molecule has 13 heteroatoms. The second-order valence-corrected chi connectivity index (χ2v) is 34.8. The van der Waals surface area contributed by atoms with Gasteiger partial charge in [0, 0.05) is 0 Å². The maximum absolute atomic E-state index is 13.8. The van der Waals surface area contributed by atoms with Crippen molar-refractivity contribution in [3.8, 4) is 28.4 Å². The van der Waals surface area contributed by atoms with Gasteiger partial charge in [-0.3, -0.25) is 0 Å². The highest BCUT2D eigenvalue weighted by atomic mass is 28.5. The molecule has 0 saturated carbocycles. The van der Waals surface area contributed by atoms with Gasteiger partial charge < -0.3 is 31.3 Å². The molecular weight excluding hydrogens is 833 g/mol. The number of para-hydroxylation sites is 1. The summed E-state index contributed by atoms with van der Waals surface area (Å²) in [7, 11) is -7.54. The normalized spacial score (nSPS) is 14.4. The lowest BCUT2D eigenvalue weighted by Gasteiger charge is -2.41. The van der Waals surface area contributed by atoms with Crippen molar-refractivity contribution in [2.75, 3.05) is 7.11 Å². The first-order valence-electron chi connectivity index (χ1n) is 20.9. The molecule has 0 spiro atoms. The van der Waals surface area contributed by atoms with Crippen molar-refractivity contribution >= 4 is 46.1 Å². The summed E-state index contributed by atoms with van der Waals surface area (Å²) in [6.45, 7) is 23.4. The van der Waals surface area contributed by atoms with E-state index in [1.54, 1.807) is 6.07 Å². The Kier molecular flexibility index (Phi) is 13.6. The first-order chi connectivity index (χ1) is 28.6. The maximum Gasteiger partial charge on any atom is 0.519 e. The van der Waals surface area contributed by atoms with Gasteiger partial charge in [-0.15, -0.1) is 0 Å². The van der Waals surface area contributed by atoms with E-state index in [0.717, 1.165) is 62.5 Å². The van der Waals surface area contributed by atoms with E-state index < -0.39 is 51.5 Å². The lowest BCUT2D eigenvalue weighted by atomic mass is 9.67. The second-order valence-electron chi connectivity index (χ2n) is 18.3. The summed E-state index contributed by atoms with van der Waals surface area (Å²) in [4.78, 5) is 26.2. The molecule has 1 aliphatic carbocycles. The number of carbonyl (C=O) groups is 2. The van der Waals surface area contributed by atoms with Crippen molar-refractivity contribution in [3.05, 3.63) is 148 Å². The van der Waals surface area contributed by atoms with Crippen LogP contribution in [0.2, 0.25) is 65.0 Å². The molecule has 0 amide bonds. The number of hydrogen-bond acceptors (Lipinski definition) is 9. The Bertz CT molecular complexity index is 2360. The fourth-order valence-electron chi connectivity index (χ4n) is 8.70. The summed E-state index contributed by atoms with van der Waals surface area (Å²) < 4.78 is 42.9. The smallest absolute Gasteiger partial charge is 0.437 e.